The van der Waals surface area contributed by atoms with Crippen LogP contribution < -0.4 is 0 Å². The summed E-state index contributed by atoms with van der Waals surface area (Å²) < 4.78 is 1.75. The van der Waals surface area contributed by atoms with E-state index in [0.29, 0.717) is 5.03 Å². The zero-order chi connectivity index (χ0) is 13.3. The molecule has 0 aromatic carbocycles. The minimum absolute atomic E-state index is 0.00268. The number of aliphatic carboxylic acids is 1. The normalized spacial score (nSPS) is 11.9. The first-order valence-electron chi connectivity index (χ1n) is 5.57. The maximum atomic E-state index is 10.6. The van der Waals surface area contributed by atoms with E-state index in [0.717, 1.165) is 11.2 Å². The van der Waals surface area contributed by atoms with Crippen LogP contribution in [0.25, 0.3) is 5.52 Å². The molecular formula is C12H15N3O2S. The molecule has 0 saturated heterocycles. The van der Waals surface area contributed by atoms with Crippen molar-refractivity contribution in [3.63, 3.8) is 0 Å². The molecule has 2 heterocycles. The molecule has 0 aliphatic heterocycles. The van der Waals surface area contributed by atoms with Gasteiger partial charge in [-0.05, 0) is 6.07 Å². The van der Waals surface area contributed by atoms with Gasteiger partial charge in [0, 0.05) is 17.8 Å². The summed E-state index contributed by atoms with van der Waals surface area (Å²) in [5, 5.41) is 13.9. The van der Waals surface area contributed by atoms with Gasteiger partial charge >= 0.3 is 5.97 Å². The highest BCUT2D eigenvalue weighted by Gasteiger charge is 2.19. The molecule has 0 radical (unpaired) electrons. The summed E-state index contributed by atoms with van der Waals surface area (Å²) in [5.41, 5.74) is 1.78. The molecule has 5 nitrogen and oxygen atoms in total. The Kier molecular flexibility index (Phi) is 3.30. The third-order valence-electron chi connectivity index (χ3n) is 2.46. The number of rotatable bonds is 3. The highest BCUT2D eigenvalue weighted by atomic mass is 32.2. The summed E-state index contributed by atoms with van der Waals surface area (Å²) in [5.74, 6) is -0.845. The Morgan fingerprint density at radius 3 is 2.83 bits per heavy atom. The zero-order valence-corrected chi connectivity index (χ0v) is 11.4. The molecule has 18 heavy (non-hydrogen) atoms. The van der Waals surface area contributed by atoms with Gasteiger partial charge in [0.15, 0.2) is 0 Å². The SMILES string of the molecule is CC(C)(C)c1cc2c(SCC(=O)O)nccn2n1. The van der Waals surface area contributed by atoms with Gasteiger partial charge < -0.3 is 5.11 Å². The lowest BCUT2D eigenvalue weighted by Gasteiger charge is -2.13. The third-order valence-corrected chi connectivity index (χ3v) is 3.43. The Balaban J connectivity index is 2.42. The molecule has 0 amide bonds. The molecule has 0 atom stereocenters. The van der Waals surface area contributed by atoms with Gasteiger partial charge in [0.1, 0.15) is 5.03 Å². The van der Waals surface area contributed by atoms with Crippen LogP contribution in [0.3, 0.4) is 0 Å². The zero-order valence-electron chi connectivity index (χ0n) is 10.5. The molecular weight excluding hydrogens is 250 g/mol. The van der Waals surface area contributed by atoms with Crippen LogP contribution >= 0.6 is 11.8 Å². The Labute approximate surface area is 109 Å². The summed E-state index contributed by atoms with van der Waals surface area (Å²) in [4.78, 5) is 14.8. The highest BCUT2D eigenvalue weighted by Crippen LogP contribution is 2.26. The van der Waals surface area contributed by atoms with Crippen LogP contribution in [0.5, 0.6) is 0 Å². The van der Waals surface area contributed by atoms with Crippen molar-refractivity contribution in [1.82, 2.24) is 14.6 Å². The van der Waals surface area contributed by atoms with Crippen LogP contribution in [0, 0.1) is 0 Å². The largest absolute Gasteiger partial charge is 0.481 e. The summed E-state index contributed by atoms with van der Waals surface area (Å²) in [6.45, 7) is 6.27. The molecule has 0 fully saturated rings. The average molecular weight is 265 g/mol. The van der Waals surface area contributed by atoms with Crippen LogP contribution in [-0.4, -0.2) is 31.4 Å². The maximum absolute atomic E-state index is 10.6. The first-order chi connectivity index (χ1) is 8.38. The number of aromatic nitrogens is 3. The van der Waals surface area contributed by atoms with E-state index in [-0.39, 0.29) is 11.2 Å². The van der Waals surface area contributed by atoms with Crippen molar-refractivity contribution in [2.45, 2.75) is 31.2 Å². The molecule has 2 rings (SSSR count). The van der Waals surface area contributed by atoms with Crippen molar-refractivity contribution in [3.05, 3.63) is 24.2 Å². The van der Waals surface area contributed by atoms with Crippen LogP contribution in [0.2, 0.25) is 0 Å². The Morgan fingerprint density at radius 2 is 2.22 bits per heavy atom. The molecule has 2 aromatic rings. The van der Waals surface area contributed by atoms with E-state index >= 15 is 0 Å². The number of fused-ring (bicyclic) bond motifs is 1. The highest BCUT2D eigenvalue weighted by molar-refractivity contribution is 8.00. The number of carbonyl (C=O) groups is 1. The molecule has 2 aromatic heterocycles. The summed E-state index contributed by atoms with van der Waals surface area (Å²) in [6, 6.07) is 1.97. The van der Waals surface area contributed by atoms with Gasteiger partial charge in [-0.2, -0.15) is 5.10 Å². The summed E-state index contributed by atoms with van der Waals surface area (Å²) in [7, 11) is 0. The first-order valence-corrected chi connectivity index (χ1v) is 6.56. The monoisotopic (exact) mass is 265 g/mol. The quantitative estimate of drug-likeness (QED) is 0.862. The minimum Gasteiger partial charge on any atom is -0.481 e. The van der Waals surface area contributed by atoms with E-state index in [1.54, 1.807) is 16.9 Å². The van der Waals surface area contributed by atoms with Crippen molar-refractivity contribution >= 4 is 23.2 Å². The molecule has 0 saturated carbocycles. The lowest BCUT2D eigenvalue weighted by molar-refractivity contribution is -0.133. The van der Waals surface area contributed by atoms with Gasteiger partial charge in [0.2, 0.25) is 0 Å². The van der Waals surface area contributed by atoms with E-state index in [1.807, 2.05) is 6.07 Å². The van der Waals surface area contributed by atoms with Gasteiger partial charge in [0.25, 0.3) is 0 Å². The number of hydrogen-bond donors (Lipinski definition) is 1. The van der Waals surface area contributed by atoms with Gasteiger partial charge in [-0.25, -0.2) is 9.50 Å². The minimum atomic E-state index is -0.848. The van der Waals surface area contributed by atoms with E-state index in [2.05, 4.69) is 30.9 Å². The second kappa shape index (κ2) is 4.61. The van der Waals surface area contributed by atoms with Gasteiger partial charge in [-0.15, -0.1) is 0 Å². The molecule has 0 bridgehead atoms. The van der Waals surface area contributed by atoms with Crippen molar-refractivity contribution in [1.29, 1.82) is 0 Å². The number of carboxylic acids is 1. The van der Waals surface area contributed by atoms with Crippen LogP contribution in [-0.2, 0) is 10.2 Å². The standard InChI is InChI=1S/C12H15N3O2S/c1-12(2,3)9-6-8-11(18-7-10(16)17)13-4-5-15(8)14-9/h4-6H,7H2,1-3H3,(H,16,17). The Hall–Kier alpha value is -1.56. The van der Waals surface area contributed by atoms with Crippen LogP contribution in [0.4, 0.5) is 0 Å². The molecule has 96 valence electrons. The van der Waals surface area contributed by atoms with E-state index < -0.39 is 5.97 Å². The summed E-state index contributed by atoms with van der Waals surface area (Å²) >= 11 is 1.21. The van der Waals surface area contributed by atoms with Crippen LogP contribution in [0.15, 0.2) is 23.5 Å². The fraction of sp³-hybridized carbons (Fsp3) is 0.417. The molecule has 0 spiro atoms. The molecule has 1 N–H and O–H groups in total. The van der Waals surface area contributed by atoms with Gasteiger partial charge in [-0.1, -0.05) is 32.5 Å². The van der Waals surface area contributed by atoms with Crippen molar-refractivity contribution in [2.24, 2.45) is 0 Å². The topological polar surface area (TPSA) is 67.5 Å². The Morgan fingerprint density at radius 1 is 1.50 bits per heavy atom. The van der Waals surface area contributed by atoms with Crippen LogP contribution in [0.1, 0.15) is 26.5 Å². The third kappa shape index (κ3) is 2.64. The molecule has 0 aliphatic carbocycles. The smallest absolute Gasteiger partial charge is 0.313 e. The second-order valence-electron chi connectivity index (χ2n) is 5.02. The van der Waals surface area contributed by atoms with E-state index in [1.165, 1.54) is 11.8 Å². The molecule has 0 unspecified atom stereocenters. The summed E-state index contributed by atoms with van der Waals surface area (Å²) in [6.07, 6.45) is 3.41. The van der Waals surface area contributed by atoms with Gasteiger partial charge in [-0.3, -0.25) is 4.79 Å². The second-order valence-corrected chi connectivity index (χ2v) is 5.99. The number of carboxylic acid groups (broad SMARTS) is 1. The molecule has 6 heteroatoms. The predicted octanol–water partition coefficient (Wildman–Crippen LogP) is 2.20. The lowest BCUT2D eigenvalue weighted by atomic mass is 9.92. The first kappa shape index (κ1) is 12.9. The maximum Gasteiger partial charge on any atom is 0.313 e. The van der Waals surface area contributed by atoms with E-state index in [4.69, 9.17) is 5.11 Å². The van der Waals surface area contributed by atoms with E-state index in [9.17, 15) is 4.79 Å². The molecule has 0 aliphatic rings. The fourth-order valence-electron chi connectivity index (χ4n) is 1.51. The predicted molar refractivity (Wildman–Crippen MR) is 70.0 cm³/mol. The number of thioether (sulfide) groups is 1. The van der Waals surface area contributed by atoms with Gasteiger partial charge in [0.05, 0.1) is 17.0 Å². The lowest BCUT2D eigenvalue weighted by Crippen LogP contribution is -2.11. The average Bonchev–Trinajstić information content (AvgIpc) is 2.69. The van der Waals surface area contributed by atoms with Crippen molar-refractivity contribution in [3.8, 4) is 0 Å². The Bertz CT molecular complexity index is 587. The fourth-order valence-corrected chi connectivity index (χ4v) is 2.20. The van der Waals surface area contributed by atoms with Crippen molar-refractivity contribution in [2.75, 3.05) is 5.75 Å². The van der Waals surface area contributed by atoms with Crippen molar-refractivity contribution < 1.29 is 9.90 Å². The number of nitrogens with zero attached hydrogens (tertiary/aromatic N) is 3. The number of hydrogen-bond acceptors (Lipinski definition) is 4.